The number of nitrogens with one attached hydrogen (secondary N) is 1. The van der Waals surface area contributed by atoms with Crippen molar-refractivity contribution in [1.29, 1.82) is 0 Å². The average Bonchev–Trinajstić information content (AvgIpc) is 2.42. The van der Waals surface area contributed by atoms with Crippen molar-refractivity contribution in [3.8, 4) is 5.75 Å². The highest BCUT2D eigenvalue weighted by atomic mass is 35.5. The van der Waals surface area contributed by atoms with Crippen molar-refractivity contribution >= 4 is 23.5 Å². The second-order valence-electron chi connectivity index (χ2n) is 4.89. The molecular weight excluding hydrogens is 294 g/mol. The molecule has 1 rings (SSSR count). The summed E-state index contributed by atoms with van der Waals surface area (Å²) >= 11 is 5.94. The summed E-state index contributed by atoms with van der Waals surface area (Å²) in [4.78, 5) is 22.1. The minimum atomic E-state index is -0.857. The van der Waals surface area contributed by atoms with E-state index in [1.54, 1.807) is 19.1 Å². The van der Waals surface area contributed by atoms with E-state index in [-0.39, 0.29) is 18.2 Å². The van der Waals surface area contributed by atoms with E-state index in [0.717, 1.165) is 0 Å². The van der Waals surface area contributed by atoms with E-state index in [1.165, 1.54) is 0 Å². The van der Waals surface area contributed by atoms with Crippen LogP contribution in [-0.2, 0) is 9.59 Å². The Morgan fingerprint density at radius 1 is 1.38 bits per heavy atom. The third kappa shape index (κ3) is 7.56. The Labute approximate surface area is 129 Å². The van der Waals surface area contributed by atoms with Crippen LogP contribution in [0, 0.1) is 5.92 Å². The van der Waals surface area contributed by atoms with Gasteiger partial charge in [0.25, 0.3) is 0 Å². The van der Waals surface area contributed by atoms with Crippen molar-refractivity contribution in [2.45, 2.75) is 26.2 Å². The van der Waals surface area contributed by atoms with Crippen LogP contribution in [0.15, 0.2) is 24.3 Å². The number of ether oxygens (including phenoxy) is 1. The molecule has 0 saturated carbocycles. The molecule has 0 bridgehead atoms. The fraction of sp³-hybridized carbons (Fsp3) is 0.467. The van der Waals surface area contributed by atoms with Gasteiger partial charge in [0, 0.05) is 19.4 Å². The molecule has 0 aliphatic rings. The van der Waals surface area contributed by atoms with Crippen molar-refractivity contribution in [1.82, 2.24) is 5.32 Å². The van der Waals surface area contributed by atoms with Gasteiger partial charge < -0.3 is 15.2 Å². The first-order chi connectivity index (χ1) is 9.99. The van der Waals surface area contributed by atoms with Gasteiger partial charge in [-0.1, -0.05) is 30.7 Å². The zero-order valence-corrected chi connectivity index (χ0v) is 12.7. The number of carboxylic acids is 1. The average molecular weight is 314 g/mol. The lowest BCUT2D eigenvalue weighted by molar-refractivity contribution is -0.138. The highest BCUT2D eigenvalue weighted by Gasteiger charge is 2.09. The highest BCUT2D eigenvalue weighted by molar-refractivity contribution is 6.32. The highest BCUT2D eigenvalue weighted by Crippen LogP contribution is 2.23. The summed E-state index contributed by atoms with van der Waals surface area (Å²) in [5.74, 6) is -0.430. The van der Waals surface area contributed by atoms with Crippen molar-refractivity contribution in [3.63, 3.8) is 0 Å². The van der Waals surface area contributed by atoms with Crippen LogP contribution in [0.1, 0.15) is 26.2 Å². The maximum Gasteiger partial charge on any atom is 0.303 e. The summed E-state index contributed by atoms with van der Waals surface area (Å²) in [7, 11) is 0. The number of benzene rings is 1. The van der Waals surface area contributed by atoms with E-state index in [0.29, 0.717) is 36.8 Å². The molecule has 0 heterocycles. The number of hydrogen-bond donors (Lipinski definition) is 2. The van der Waals surface area contributed by atoms with E-state index in [4.69, 9.17) is 21.4 Å². The molecule has 0 radical (unpaired) electrons. The molecule has 1 aromatic carbocycles. The van der Waals surface area contributed by atoms with E-state index in [1.807, 2.05) is 12.1 Å². The first kappa shape index (κ1) is 17.3. The van der Waals surface area contributed by atoms with Crippen LogP contribution < -0.4 is 10.1 Å². The minimum absolute atomic E-state index is 0.0515. The smallest absolute Gasteiger partial charge is 0.303 e. The molecule has 0 aliphatic carbocycles. The summed E-state index contributed by atoms with van der Waals surface area (Å²) in [5.41, 5.74) is 0. The van der Waals surface area contributed by atoms with Gasteiger partial charge in [-0.2, -0.15) is 0 Å². The third-order valence-electron chi connectivity index (χ3n) is 2.81. The van der Waals surface area contributed by atoms with Crippen LogP contribution in [0.25, 0.3) is 0 Å². The van der Waals surface area contributed by atoms with E-state index in [2.05, 4.69) is 5.32 Å². The lowest BCUT2D eigenvalue weighted by Gasteiger charge is -2.11. The summed E-state index contributed by atoms with van der Waals surface area (Å²) in [6.45, 7) is 2.56. The lowest BCUT2D eigenvalue weighted by Crippen LogP contribution is -2.29. The molecule has 0 spiro atoms. The molecule has 1 unspecified atom stereocenters. The zero-order valence-electron chi connectivity index (χ0n) is 12.0. The van der Waals surface area contributed by atoms with Gasteiger partial charge in [0.2, 0.25) is 5.91 Å². The predicted molar refractivity (Wildman–Crippen MR) is 80.6 cm³/mol. The molecule has 1 amide bonds. The molecule has 5 nitrogen and oxygen atoms in total. The van der Waals surface area contributed by atoms with Gasteiger partial charge in [0.1, 0.15) is 5.75 Å². The Hall–Kier alpha value is -1.75. The first-order valence-corrected chi connectivity index (χ1v) is 7.22. The molecule has 116 valence electrons. The van der Waals surface area contributed by atoms with Crippen LogP contribution in [0.2, 0.25) is 5.02 Å². The van der Waals surface area contributed by atoms with Crippen molar-refractivity contribution < 1.29 is 19.4 Å². The summed E-state index contributed by atoms with van der Waals surface area (Å²) < 4.78 is 5.48. The SMILES string of the molecule is CC(CNC(=O)CCCOc1ccccc1Cl)CC(=O)O. The Balaban J connectivity index is 2.14. The lowest BCUT2D eigenvalue weighted by atomic mass is 10.1. The zero-order chi connectivity index (χ0) is 15.7. The summed E-state index contributed by atoms with van der Waals surface area (Å²) in [6, 6.07) is 7.17. The molecule has 1 aromatic rings. The normalized spacial score (nSPS) is 11.7. The molecule has 0 aromatic heterocycles. The Bertz CT molecular complexity index is 478. The number of para-hydroxylation sites is 1. The Morgan fingerprint density at radius 3 is 2.76 bits per heavy atom. The monoisotopic (exact) mass is 313 g/mol. The molecule has 21 heavy (non-hydrogen) atoms. The number of amides is 1. The van der Waals surface area contributed by atoms with Crippen LogP contribution in [-0.4, -0.2) is 30.1 Å². The first-order valence-electron chi connectivity index (χ1n) is 6.85. The van der Waals surface area contributed by atoms with Gasteiger partial charge in [-0.05, 0) is 24.5 Å². The van der Waals surface area contributed by atoms with Crippen LogP contribution in [0.5, 0.6) is 5.75 Å². The number of rotatable bonds is 9. The number of hydrogen-bond acceptors (Lipinski definition) is 3. The van der Waals surface area contributed by atoms with Gasteiger partial charge >= 0.3 is 5.97 Å². The largest absolute Gasteiger partial charge is 0.492 e. The molecule has 1 atom stereocenters. The number of carboxylic acid groups (broad SMARTS) is 1. The van der Waals surface area contributed by atoms with Gasteiger partial charge in [-0.15, -0.1) is 0 Å². The van der Waals surface area contributed by atoms with Gasteiger partial charge in [-0.25, -0.2) is 0 Å². The van der Waals surface area contributed by atoms with Gasteiger partial charge in [0.05, 0.1) is 11.6 Å². The standard InChI is InChI=1S/C15H20ClNO4/c1-11(9-15(19)20)10-17-14(18)7-4-8-21-13-6-3-2-5-12(13)16/h2-3,5-6,11H,4,7-10H2,1H3,(H,17,18)(H,19,20). The van der Waals surface area contributed by atoms with Crippen LogP contribution >= 0.6 is 11.6 Å². The molecule has 0 aliphatic heterocycles. The minimum Gasteiger partial charge on any atom is -0.492 e. The van der Waals surface area contributed by atoms with Crippen LogP contribution in [0.4, 0.5) is 0 Å². The Kier molecular flexibility index (Phi) is 7.61. The third-order valence-corrected chi connectivity index (χ3v) is 3.13. The van der Waals surface area contributed by atoms with E-state index < -0.39 is 5.97 Å². The molecule has 0 saturated heterocycles. The fourth-order valence-electron chi connectivity index (χ4n) is 1.72. The molecular formula is C15H20ClNO4. The molecule has 6 heteroatoms. The summed E-state index contributed by atoms with van der Waals surface area (Å²) in [6.07, 6.45) is 0.963. The number of carbonyl (C=O) groups is 2. The van der Waals surface area contributed by atoms with Crippen molar-refractivity contribution in [2.75, 3.05) is 13.2 Å². The van der Waals surface area contributed by atoms with Gasteiger partial charge in [-0.3, -0.25) is 9.59 Å². The van der Waals surface area contributed by atoms with Crippen LogP contribution in [0.3, 0.4) is 0 Å². The number of halogens is 1. The van der Waals surface area contributed by atoms with Crippen molar-refractivity contribution in [2.24, 2.45) is 5.92 Å². The Morgan fingerprint density at radius 2 is 2.10 bits per heavy atom. The van der Waals surface area contributed by atoms with E-state index >= 15 is 0 Å². The van der Waals surface area contributed by atoms with E-state index in [9.17, 15) is 9.59 Å². The van der Waals surface area contributed by atoms with Crippen molar-refractivity contribution in [3.05, 3.63) is 29.3 Å². The molecule has 0 fully saturated rings. The maximum absolute atomic E-state index is 11.6. The number of aliphatic carboxylic acids is 1. The maximum atomic E-state index is 11.6. The number of carbonyl (C=O) groups excluding carboxylic acids is 1. The molecule has 2 N–H and O–H groups in total. The van der Waals surface area contributed by atoms with Gasteiger partial charge in [0.15, 0.2) is 0 Å². The second kappa shape index (κ2) is 9.23. The summed E-state index contributed by atoms with van der Waals surface area (Å²) in [5, 5.41) is 11.9. The topological polar surface area (TPSA) is 75.6 Å². The quantitative estimate of drug-likeness (QED) is 0.687. The predicted octanol–water partition coefficient (Wildman–Crippen LogP) is 2.73. The fourth-order valence-corrected chi connectivity index (χ4v) is 1.91. The second-order valence-corrected chi connectivity index (χ2v) is 5.30.